The fourth-order valence-corrected chi connectivity index (χ4v) is 1.81. The zero-order valence-corrected chi connectivity index (χ0v) is 9.04. The molecule has 3 rings (SSSR count). The van der Waals surface area contributed by atoms with Gasteiger partial charge in [0.15, 0.2) is 5.69 Å². The summed E-state index contributed by atoms with van der Waals surface area (Å²) in [6.07, 6.45) is 2.33. The molecule has 0 saturated carbocycles. The Morgan fingerprint density at radius 3 is 3.18 bits per heavy atom. The lowest BCUT2D eigenvalue weighted by molar-refractivity contribution is 0.0590. The monoisotopic (exact) mass is 236 g/mol. The molecule has 1 aliphatic rings. The molecule has 2 atom stereocenters. The van der Waals surface area contributed by atoms with Gasteiger partial charge in [0.25, 0.3) is 0 Å². The Kier molecular flexibility index (Phi) is 2.57. The van der Waals surface area contributed by atoms with Gasteiger partial charge in [-0.2, -0.15) is 20.4 Å². The zero-order chi connectivity index (χ0) is 11.7. The molecule has 8 nitrogen and oxygen atoms in total. The van der Waals surface area contributed by atoms with Crippen molar-refractivity contribution in [1.29, 1.82) is 0 Å². The summed E-state index contributed by atoms with van der Waals surface area (Å²) in [4.78, 5) is 4.27. The summed E-state index contributed by atoms with van der Waals surface area (Å²) < 4.78 is 10.6. The van der Waals surface area contributed by atoms with Crippen LogP contribution in [-0.4, -0.2) is 44.8 Å². The van der Waals surface area contributed by atoms with Gasteiger partial charge in [-0.3, -0.25) is 0 Å². The lowest BCUT2D eigenvalue weighted by atomic mass is 9.97. The highest BCUT2D eigenvalue weighted by atomic mass is 16.5. The van der Waals surface area contributed by atoms with E-state index < -0.39 is 0 Å². The van der Waals surface area contributed by atoms with Gasteiger partial charge in [0.2, 0.25) is 11.7 Å². The molecule has 2 unspecified atom stereocenters. The van der Waals surface area contributed by atoms with Crippen LogP contribution in [-0.2, 0) is 4.74 Å². The highest BCUT2D eigenvalue weighted by Gasteiger charge is 2.29. The van der Waals surface area contributed by atoms with Gasteiger partial charge in [-0.05, 0) is 6.42 Å². The number of rotatable bonds is 2. The van der Waals surface area contributed by atoms with E-state index in [1.165, 1.54) is 6.20 Å². The summed E-state index contributed by atoms with van der Waals surface area (Å²) in [7, 11) is 0. The average Bonchev–Trinajstić information content (AvgIpc) is 3.00. The molecule has 8 heteroatoms. The molecule has 0 aromatic carbocycles. The van der Waals surface area contributed by atoms with Gasteiger partial charge >= 0.3 is 0 Å². The molecule has 3 N–H and O–H groups in total. The molecule has 0 bridgehead atoms. The van der Waals surface area contributed by atoms with Gasteiger partial charge in [0, 0.05) is 12.6 Å². The predicted octanol–water partition coefficient (Wildman–Crippen LogP) is -0.314. The molecular weight excluding hydrogens is 224 g/mol. The minimum absolute atomic E-state index is 0.00522. The predicted molar refractivity (Wildman–Crippen MR) is 55.8 cm³/mol. The van der Waals surface area contributed by atoms with E-state index in [-0.39, 0.29) is 12.0 Å². The molecule has 2 aromatic heterocycles. The topological polar surface area (TPSA) is 116 Å². The van der Waals surface area contributed by atoms with Crippen molar-refractivity contribution in [1.82, 2.24) is 25.6 Å². The largest absolute Gasteiger partial charge is 0.381 e. The van der Waals surface area contributed by atoms with E-state index in [1.54, 1.807) is 0 Å². The minimum atomic E-state index is -0.0445. The number of nitrogens with one attached hydrogen (secondary N) is 1. The fraction of sp³-hybridized carbons (Fsp3) is 0.556. The van der Waals surface area contributed by atoms with Crippen LogP contribution in [0.4, 0.5) is 0 Å². The maximum atomic E-state index is 6.00. The molecular formula is C9H12N6O2. The van der Waals surface area contributed by atoms with Crippen LogP contribution in [0, 0.1) is 0 Å². The Hall–Kier alpha value is -1.80. The van der Waals surface area contributed by atoms with E-state index in [0.29, 0.717) is 30.6 Å². The third kappa shape index (κ3) is 1.92. The van der Waals surface area contributed by atoms with Crippen LogP contribution in [0.15, 0.2) is 10.7 Å². The molecule has 0 radical (unpaired) electrons. The molecule has 1 aliphatic heterocycles. The van der Waals surface area contributed by atoms with Crippen molar-refractivity contribution in [2.75, 3.05) is 13.2 Å². The highest BCUT2D eigenvalue weighted by molar-refractivity contribution is 5.44. The van der Waals surface area contributed by atoms with Crippen molar-refractivity contribution in [2.45, 2.75) is 18.4 Å². The van der Waals surface area contributed by atoms with Crippen LogP contribution < -0.4 is 5.73 Å². The Balaban J connectivity index is 1.84. The fourth-order valence-electron chi connectivity index (χ4n) is 1.81. The number of aromatic amines is 1. The molecule has 17 heavy (non-hydrogen) atoms. The zero-order valence-electron chi connectivity index (χ0n) is 9.04. The summed E-state index contributed by atoms with van der Waals surface area (Å²) in [6, 6.07) is -0.00522. The molecule has 90 valence electrons. The van der Waals surface area contributed by atoms with E-state index in [1.807, 2.05) is 0 Å². The van der Waals surface area contributed by atoms with Crippen LogP contribution in [0.3, 0.4) is 0 Å². The number of nitrogens with zero attached hydrogens (tertiary/aromatic N) is 4. The first-order valence-electron chi connectivity index (χ1n) is 5.37. The molecule has 1 saturated heterocycles. The van der Waals surface area contributed by atoms with Gasteiger partial charge < -0.3 is 15.0 Å². The third-order valence-electron chi connectivity index (χ3n) is 2.81. The van der Waals surface area contributed by atoms with Gasteiger partial charge in [-0.15, -0.1) is 0 Å². The standard InChI is InChI=1S/C9H12N6O2/c10-6-1-2-16-4-5(6)9-12-8(14-17-9)7-3-11-15-13-7/h3,5-6H,1-2,4,10H2,(H,11,13,15). The van der Waals surface area contributed by atoms with Gasteiger partial charge in [-0.25, -0.2) is 0 Å². The first-order valence-corrected chi connectivity index (χ1v) is 5.37. The maximum absolute atomic E-state index is 6.00. The van der Waals surface area contributed by atoms with Gasteiger partial charge in [0.1, 0.15) is 0 Å². The van der Waals surface area contributed by atoms with Crippen LogP contribution >= 0.6 is 0 Å². The maximum Gasteiger partial charge on any atom is 0.234 e. The van der Waals surface area contributed by atoms with E-state index in [4.69, 9.17) is 15.0 Å². The van der Waals surface area contributed by atoms with E-state index in [2.05, 4.69) is 25.6 Å². The van der Waals surface area contributed by atoms with Crippen molar-refractivity contribution >= 4 is 0 Å². The Labute approximate surface area is 96.5 Å². The molecule has 1 fully saturated rings. The van der Waals surface area contributed by atoms with Crippen molar-refractivity contribution < 1.29 is 9.26 Å². The summed E-state index contributed by atoms with van der Waals surface area (Å²) in [6.45, 7) is 1.20. The molecule has 0 amide bonds. The normalized spacial score (nSPS) is 25.0. The number of H-pyrrole nitrogens is 1. The van der Waals surface area contributed by atoms with E-state index in [0.717, 1.165) is 6.42 Å². The van der Waals surface area contributed by atoms with Crippen molar-refractivity contribution in [3.63, 3.8) is 0 Å². The lowest BCUT2D eigenvalue weighted by Crippen LogP contribution is -2.37. The van der Waals surface area contributed by atoms with E-state index in [9.17, 15) is 0 Å². The molecule has 2 aromatic rings. The van der Waals surface area contributed by atoms with Crippen molar-refractivity contribution in [2.24, 2.45) is 5.73 Å². The molecule has 0 aliphatic carbocycles. The average molecular weight is 236 g/mol. The minimum Gasteiger partial charge on any atom is -0.381 e. The van der Waals surface area contributed by atoms with Crippen LogP contribution in [0.25, 0.3) is 11.5 Å². The Morgan fingerprint density at radius 2 is 2.41 bits per heavy atom. The number of nitrogens with two attached hydrogens (primary N) is 1. The first kappa shape index (κ1) is 10.4. The van der Waals surface area contributed by atoms with Crippen LogP contribution in [0.2, 0.25) is 0 Å². The first-order chi connectivity index (χ1) is 8.34. The van der Waals surface area contributed by atoms with Crippen LogP contribution in [0.1, 0.15) is 18.2 Å². The summed E-state index contributed by atoms with van der Waals surface area (Å²) in [5.41, 5.74) is 6.54. The smallest absolute Gasteiger partial charge is 0.234 e. The van der Waals surface area contributed by atoms with Crippen molar-refractivity contribution in [3.05, 3.63) is 12.1 Å². The number of ether oxygens (including phenoxy) is 1. The van der Waals surface area contributed by atoms with Crippen molar-refractivity contribution in [3.8, 4) is 11.5 Å². The lowest BCUT2D eigenvalue weighted by Gasteiger charge is -2.25. The molecule has 0 spiro atoms. The van der Waals surface area contributed by atoms with E-state index >= 15 is 0 Å². The SMILES string of the molecule is NC1CCOCC1c1nc(-c2cn[nH]n2)no1. The number of hydrogen-bond donors (Lipinski definition) is 2. The van der Waals surface area contributed by atoms with Gasteiger partial charge in [0.05, 0.1) is 18.7 Å². The second-order valence-corrected chi connectivity index (χ2v) is 3.95. The third-order valence-corrected chi connectivity index (χ3v) is 2.81. The quantitative estimate of drug-likeness (QED) is 0.734. The Bertz CT molecular complexity index is 481. The van der Waals surface area contributed by atoms with Gasteiger partial charge in [-0.1, -0.05) is 5.16 Å². The number of aromatic nitrogens is 5. The Morgan fingerprint density at radius 1 is 1.47 bits per heavy atom. The second-order valence-electron chi connectivity index (χ2n) is 3.95. The van der Waals surface area contributed by atoms with Crippen LogP contribution in [0.5, 0.6) is 0 Å². The second kappa shape index (κ2) is 4.22. The number of hydrogen-bond acceptors (Lipinski definition) is 7. The molecule has 3 heterocycles. The summed E-state index contributed by atoms with van der Waals surface area (Å²) >= 11 is 0. The summed E-state index contributed by atoms with van der Waals surface area (Å²) in [5.74, 6) is 0.860. The summed E-state index contributed by atoms with van der Waals surface area (Å²) in [5, 5.41) is 13.9. The highest BCUT2D eigenvalue weighted by Crippen LogP contribution is 2.24.